The lowest BCUT2D eigenvalue weighted by Gasteiger charge is -2.32. The second kappa shape index (κ2) is 5.62. The Hall–Kier alpha value is -1.06. The fourth-order valence-electron chi connectivity index (χ4n) is 3.46. The Labute approximate surface area is 129 Å². The van der Waals surface area contributed by atoms with Crippen molar-refractivity contribution in [2.45, 2.75) is 58.3 Å². The zero-order valence-corrected chi connectivity index (χ0v) is 14.3. The Morgan fingerprint density at radius 1 is 1.10 bits per heavy atom. The van der Waals surface area contributed by atoms with Crippen molar-refractivity contribution >= 4 is 5.69 Å². The van der Waals surface area contributed by atoms with Crippen LogP contribution in [0.15, 0.2) is 24.3 Å². The van der Waals surface area contributed by atoms with Gasteiger partial charge in [0.05, 0.1) is 11.2 Å². The first-order valence-corrected chi connectivity index (χ1v) is 7.93. The Balaban J connectivity index is 2.12. The van der Waals surface area contributed by atoms with Crippen LogP contribution < -0.4 is 10.6 Å². The van der Waals surface area contributed by atoms with Crippen molar-refractivity contribution in [3.63, 3.8) is 0 Å². The first-order valence-electron chi connectivity index (χ1n) is 7.93. The van der Waals surface area contributed by atoms with E-state index >= 15 is 0 Å². The number of hydrogen-bond acceptors (Lipinski definition) is 3. The summed E-state index contributed by atoms with van der Waals surface area (Å²) in [5.41, 5.74) is 8.60. The molecule has 0 bridgehead atoms. The molecular formula is C18H30N2O. The van der Waals surface area contributed by atoms with Crippen molar-refractivity contribution in [3.8, 4) is 0 Å². The molecule has 3 heteroatoms. The molecule has 1 aliphatic rings. The lowest BCUT2D eigenvalue weighted by atomic mass is 9.82. The summed E-state index contributed by atoms with van der Waals surface area (Å²) in [6.45, 7) is 11.6. The van der Waals surface area contributed by atoms with E-state index in [-0.39, 0.29) is 17.2 Å². The van der Waals surface area contributed by atoms with Crippen LogP contribution in [-0.2, 0) is 11.2 Å². The van der Waals surface area contributed by atoms with Gasteiger partial charge in [-0.15, -0.1) is 0 Å². The van der Waals surface area contributed by atoms with Crippen molar-refractivity contribution in [2.24, 2.45) is 11.7 Å². The zero-order valence-electron chi connectivity index (χ0n) is 14.3. The molecule has 1 aromatic carbocycles. The van der Waals surface area contributed by atoms with Gasteiger partial charge in [0.1, 0.15) is 0 Å². The SMILES string of the molecule is CCc1ccc(N(C)CC2C(N)C(C)(C)OC2(C)C)cc1. The summed E-state index contributed by atoms with van der Waals surface area (Å²) in [7, 11) is 2.13. The van der Waals surface area contributed by atoms with Gasteiger partial charge in [-0.1, -0.05) is 19.1 Å². The normalized spacial score (nSPS) is 26.8. The molecule has 2 atom stereocenters. The topological polar surface area (TPSA) is 38.5 Å². The van der Waals surface area contributed by atoms with Crippen LogP contribution >= 0.6 is 0 Å². The molecule has 0 radical (unpaired) electrons. The maximum Gasteiger partial charge on any atom is 0.0788 e. The molecule has 1 saturated heterocycles. The van der Waals surface area contributed by atoms with Crippen LogP contribution in [0.4, 0.5) is 5.69 Å². The summed E-state index contributed by atoms with van der Waals surface area (Å²) >= 11 is 0. The van der Waals surface area contributed by atoms with Gasteiger partial charge in [-0.3, -0.25) is 0 Å². The molecule has 0 saturated carbocycles. The maximum absolute atomic E-state index is 6.45. The Kier molecular flexibility index (Phi) is 4.36. The van der Waals surface area contributed by atoms with Crippen molar-refractivity contribution < 1.29 is 4.74 Å². The molecule has 21 heavy (non-hydrogen) atoms. The minimum absolute atomic E-state index is 0.0462. The van der Waals surface area contributed by atoms with Gasteiger partial charge >= 0.3 is 0 Å². The number of nitrogens with two attached hydrogens (primary N) is 1. The van der Waals surface area contributed by atoms with Gasteiger partial charge in [0.2, 0.25) is 0 Å². The number of benzene rings is 1. The van der Waals surface area contributed by atoms with Crippen LogP contribution in [0.1, 0.15) is 40.2 Å². The third kappa shape index (κ3) is 3.24. The van der Waals surface area contributed by atoms with E-state index in [0.717, 1.165) is 13.0 Å². The zero-order chi connectivity index (χ0) is 15.8. The Bertz CT molecular complexity index is 478. The van der Waals surface area contributed by atoms with E-state index in [0.29, 0.717) is 5.92 Å². The standard InChI is InChI=1S/C18H30N2O/c1-7-13-8-10-14(11-9-13)20(6)12-15-16(19)18(4,5)21-17(15,2)3/h8-11,15-16H,7,12,19H2,1-6H3. The van der Waals surface area contributed by atoms with Crippen LogP contribution in [0.2, 0.25) is 0 Å². The predicted molar refractivity (Wildman–Crippen MR) is 89.8 cm³/mol. The van der Waals surface area contributed by atoms with Gasteiger partial charge in [-0.2, -0.15) is 0 Å². The van der Waals surface area contributed by atoms with Gasteiger partial charge in [-0.05, 0) is 51.8 Å². The van der Waals surface area contributed by atoms with E-state index in [1.54, 1.807) is 0 Å². The molecule has 0 spiro atoms. The highest BCUT2D eigenvalue weighted by atomic mass is 16.5. The number of rotatable bonds is 4. The van der Waals surface area contributed by atoms with Crippen molar-refractivity contribution in [1.29, 1.82) is 0 Å². The minimum Gasteiger partial charge on any atom is -0.374 e. The van der Waals surface area contributed by atoms with Crippen LogP contribution in [0, 0.1) is 5.92 Å². The van der Waals surface area contributed by atoms with Crippen LogP contribution in [0.25, 0.3) is 0 Å². The highest BCUT2D eigenvalue weighted by molar-refractivity contribution is 5.47. The first-order chi connectivity index (χ1) is 9.67. The number of hydrogen-bond donors (Lipinski definition) is 1. The van der Waals surface area contributed by atoms with Crippen LogP contribution in [0.3, 0.4) is 0 Å². The van der Waals surface area contributed by atoms with Gasteiger partial charge in [0, 0.05) is 31.2 Å². The first kappa shape index (κ1) is 16.3. The summed E-state index contributed by atoms with van der Waals surface area (Å²) in [5, 5.41) is 0. The average Bonchev–Trinajstić information content (AvgIpc) is 2.57. The minimum atomic E-state index is -0.263. The van der Waals surface area contributed by atoms with E-state index in [2.05, 4.69) is 70.8 Å². The number of aryl methyl sites for hydroxylation is 1. The van der Waals surface area contributed by atoms with Gasteiger partial charge in [0.25, 0.3) is 0 Å². The summed E-state index contributed by atoms with van der Waals surface area (Å²) in [6, 6.07) is 8.83. The fourth-order valence-corrected chi connectivity index (χ4v) is 3.46. The van der Waals surface area contributed by atoms with E-state index in [1.807, 2.05) is 0 Å². The highest BCUT2D eigenvalue weighted by Crippen LogP contribution is 2.41. The number of anilines is 1. The maximum atomic E-state index is 6.45. The van der Waals surface area contributed by atoms with Crippen molar-refractivity contribution in [2.75, 3.05) is 18.5 Å². The van der Waals surface area contributed by atoms with Crippen LogP contribution in [-0.4, -0.2) is 30.8 Å². The summed E-state index contributed by atoms with van der Waals surface area (Å²) < 4.78 is 6.18. The summed E-state index contributed by atoms with van der Waals surface area (Å²) in [5.74, 6) is 0.309. The molecule has 1 fully saturated rings. The molecule has 2 rings (SSSR count). The predicted octanol–water partition coefficient (Wildman–Crippen LogP) is 3.22. The highest BCUT2D eigenvalue weighted by Gasteiger charge is 2.52. The molecule has 1 heterocycles. The third-order valence-corrected chi connectivity index (χ3v) is 4.91. The van der Waals surface area contributed by atoms with E-state index in [1.165, 1.54) is 11.3 Å². The second-order valence-electron chi connectivity index (χ2n) is 7.34. The fraction of sp³-hybridized carbons (Fsp3) is 0.667. The molecule has 2 unspecified atom stereocenters. The molecule has 2 N–H and O–H groups in total. The molecule has 3 nitrogen and oxygen atoms in total. The van der Waals surface area contributed by atoms with Crippen molar-refractivity contribution in [1.82, 2.24) is 0 Å². The smallest absolute Gasteiger partial charge is 0.0788 e. The van der Waals surface area contributed by atoms with E-state index in [4.69, 9.17) is 10.5 Å². The largest absolute Gasteiger partial charge is 0.374 e. The summed E-state index contributed by atoms with van der Waals surface area (Å²) in [6.07, 6.45) is 1.08. The lowest BCUT2D eigenvalue weighted by Crippen LogP contribution is -2.47. The molecule has 0 amide bonds. The quantitative estimate of drug-likeness (QED) is 0.925. The lowest BCUT2D eigenvalue weighted by molar-refractivity contribution is -0.0756. The molecule has 0 aromatic heterocycles. The van der Waals surface area contributed by atoms with Crippen LogP contribution in [0.5, 0.6) is 0 Å². The average molecular weight is 290 g/mol. The Morgan fingerprint density at radius 2 is 1.67 bits per heavy atom. The molecular weight excluding hydrogens is 260 g/mol. The number of ether oxygens (including phenoxy) is 1. The monoisotopic (exact) mass is 290 g/mol. The number of nitrogens with zero attached hydrogens (tertiary/aromatic N) is 1. The van der Waals surface area contributed by atoms with E-state index < -0.39 is 0 Å². The molecule has 1 aliphatic heterocycles. The molecule has 1 aromatic rings. The van der Waals surface area contributed by atoms with E-state index in [9.17, 15) is 0 Å². The Morgan fingerprint density at radius 3 is 2.10 bits per heavy atom. The van der Waals surface area contributed by atoms with Gasteiger partial charge < -0.3 is 15.4 Å². The van der Waals surface area contributed by atoms with Gasteiger partial charge in [0.15, 0.2) is 0 Å². The second-order valence-corrected chi connectivity index (χ2v) is 7.34. The third-order valence-electron chi connectivity index (χ3n) is 4.91. The summed E-state index contributed by atoms with van der Waals surface area (Å²) in [4.78, 5) is 2.29. The van der Waals surface area contributed by atoms with Gasteiger partial charge in [-0.25, -0.2) is 0 Å². The molecule has 118 valence electrons. The molecule has 0 aliphatic carbocycles. The van der Waals surface area contributed by atoms with Crippen molar-refractivity contribution in [3.05, 3.63) is 29.8 Å².